The monoisotopic (exact) mass is 287 g/mol. The minimum absolute atomic E-state index is 0.0817. The van der Waals surface area contributed by atoms with Crippen molar-refractivity contribution in [3.05, 3.63) is 69.6 Å². The lowest BCUT2D eigenvalue weighted by Crippen LogP contribution is -1.99. The van der Waals surface area contributed by atoms with Crippen LogP contribution in [0.1, 0.15) is 5.56 Å². The molecule has 2 heterocycles. The first-order valence-electron chi connectivity index (χ1n) is 5.97. The fourth-order valence-corrected chi connectivity index (χ4v) is 2.32. The first-order chi connectivity index (χ1) is 9.65. The molecule has 0 atom stereocenters. The highest BCUT2D eigenvalue weighted by Gasteiger charge is 2.10. The summed E-state index contributed by atoms with van der Waals surface area (Å²) in [7, 11) is 0. The van der Waals surface area contributed by atoms with Crippen molar-refractivity contribution in [2.24, 2.45) is 0 Å². The van der Waals surface area contributed by atoms with E-state index in [1.54, 1.807) is 24.5 Å². The van der Waals surface area contributed by atoms with E-state index in [4.69, 9.17) is 11.6 Å². The third-order valence-electron chi connectivity index (χ3n) is 3.17. The van der Waals surface area contributed by atoms with Crippen molar-refractivity contribution in [1.29, 1.82) is 0 Å². The zero-order valence-electron chi connectivity index (χ0n) is 10.4. The molecule has 3 aromatic rings. The number of pyridine rings is 1. The third-order valence-corrected chi connectivity index (χ3v) is 3.51. The van der Waals surface area contributed by atoms with Crippen molar-refractivity contribution in [3.8, 4) is 0 Å². The van der Waals surface area contributed by atoms with Crippen LogP contribution in [-0.2, 0) is 6.54 Å². The van der Waals surface area contributed by atoms with Gasteiger partial charge in [0.2, 0.25) is 0 Å². The fourth-order valence-electron chi connectivity index (χ4n) is 2.14. The molecule has 3 rings (SSSR count). The molecular weight excluding hydrogens is 278 g/mol. The van der Waals surface area contributed by atoms with Gasteiger partial charge in [0.15, 0.2) is 0 Å². The van der Waals surface area contributed by atoms with E-state index in [0.29, 0.717) is 11.6 Å². The highest BCUT2D eigenvalue weighted by Crippen LogP contribution is 2.24. The van der Waals surface area contributed by atoms with E-state index >= 15 is 0 Å². The largest absolute Gasteiger partial charge is 0.343 e. The summed E-state index contributed by atoms with van der Waals surface area (Å²) < 4.78 is 1.93. The molecule has 2 aromatic heterocycles. The van der Waals surface area contributed by atoms with Gasteiger partial charge in [-0.1, -0.05) is 11.6 Å². The Balaban J connectivity index is 2.06. The molecule has 0 aliphatic heterocycles. The number of fused-ring (bicyclic) bond motifs is 1. The van der Waals surface area contributed by atoms with E-state index in [2.05, 4.69) is 4.98 Å². The quantitative estimate of drug-likeness (QED) is 0.546. The van der Waals surface area contributed by atoms with Crippen LogP contribution < -0.4 is 0 Å². The first kappa shape index (κ1) is 12.6. The second-order valence-corrected chi connectivity index (χ2v) is 4.82. The maximum absolute atomic E-state index is 10.9. The number of nitro benzene ring substituents is 1. The Bertz CT molecular complexity index is 798. The second-order valence-electron chi connectivity index (χ2n) is 4.41. The van der Waals surface area contributed by atoms with Gasteiger partial charge in [0.25, 0.3) is 5.69 Å². The Morgan fingerprint density at radius 3 is 2.90 bits per heavy atom. The third kappa shape index (κ3) is 2.23. The molecule has 0 fully saturated rings. The molecule has 0 saturated heterocycles. The van der Waals surface area contributed by atoms with Gasteiger partial charge >= 0.3 is 0 Å². The Labute approximate surface area is 119 Å². The van der Waals surface area contributed by atoms with Crippen molar-refractivity contribution in [2.45, 2.75) is 6.54 Å². The molecule has 0 spiro atoms. The summed E-state index contributed by atoms with van der Waals surface area (Å²) in [6, 6.07) is 8.59. The Hall–Kier alpha value is -2.40. The van der Waals surface area contributed by atoms with Crippen molar-refractivity contribution >= 4 is 28.2 Å². The predicted octanol–water partition coefficient (Wildman–Crippen LogP) is 3.65. The van der Waals surface area contributed by atoms with Crippen molar-refractivity contribution in [2.75, 3.05) is 0 Å². The molecule has 0 aliphatic carbocycles. The Kier molecular flexibility index (Phi) is 3.12. The van der Waals surface area contributed by atoms with Crippen LogP contribution in [0.3, 0.4) is 0 Å². The van der Waals surface area contributed by atoms with Crippen LogP contribution in [0, 0.1) is 10.1 Å². The Morgan fingerprint density at radius 1 is 1.30 bits per heavy atom. The SMILES string of the molecule is O=[N+]([O-])c1ccc2ccn(Cc3ccncc3Cl)c2c1. The Morgan fingerprint density at radius 2 is 2.15 bits per heavy atom. The molecule has 0 saturated carbocycles. The molecule has 0 N–H and O–H groups in total. The van der Waals surface area contributed by atoms with E-state index in [-0.39, 0.29) is 5.69 Å². The molecule has 0 amide bonds. The van der Waals surface area contributed by atoms with Crippen LogP contribution >= 0.6 is 11.6 Å². The number of halogens is 1. The van der Waals surface area contributed by atoms with Crippen LogP contribution in [0.25, 0.3) is 10.9 Å². The van der Waals surface area contributed by atoms with Gasteiger partial charge < -0.3 is 4.57 Å². The number of hydrogen-bond acceptors (Lipinski definition) is 3. The summed E-state index contributed by atoms with van der Waals surface area (Å²) in [6.07, 6.45) is 5.16. The molecule has 0 unspecified atom stereocenters. The number of benzene rings is 1. The number of rotatable bonds is 3. The van der Waals surface area contributed by atoms with Gasteiger partial charge in [0, 0.05) is 42.7 Å². The summed E-state index contributed by atoms with van der Waals surface area (Å²) in [5, 5.41) is 12.4. The van der Waals surface area contributed by atoms with Gasteiger partial charge in [-0.25, -0.2) is 0 Å². The first-order valence-corrected chi connectivity index (χ1v) is 6.34. The number of nitro groups is 1. The summed E-state index contributed by atoms with van der Waals surface area (Å²) in [6.45, 7) is 0.548. The van der Waals surface area contributed by atoms with Gasteiger partial charge in [-0.05, 0) is 23.8 Å². The number of non-ortho nitro benzene ring substituents is 1. The molecule has 0 aliphatic rings. The topological polar surface area (TPSA) is 61.0 Å². The van der Waals surface area contributed by atoms with Gasteiger partial charge in [-0.3, -0.25) is 15.1 Å². The standard InChI is InChI=1S/C14H10ClN3O2/c15-13-8-16-5-3-11(13)9-17-6-4-10-1-2-12(18(19)20)7-14(10)17/h1-8H,9H2. The summed E-state index contributed by atoms with van der Waals surface area (Å²) in [4.78, 5) is 14.4. The van der Waals surface area contributed by atoms with Gasteiger partial charge in [-0.2, -0.15) is 0 Å². The zero-order chi connectivity index (χ0) is 14.1. The summed E-state index contributed by atoms with van der Waals surface area (Å²) in [5.41, 5.74) is 1.82. The van der Waals surface area contributed by atoms with Gasteiger partial charge in [0.05, 0.1) is 15.5 Å². The minimum atomic E-state index is -0.393. The molecule has 1 aromatic carbocycles. The lowest BCUT2D eigenvalue weighted by molar-refractivity contribution is -0.384. The van der Waals surface area contributed by atoms with Gasteiger partial charge in [0.1, 0.15) is 0 Å². The lowest BCUT2D eigenvalue weighted by Gasteiger charge is -2.07. The fraction of sp³-hybridized carbons (Fsp3) is 0.0714. The van der Waals surface area contributed by atoms with Crippen LogP contribution in [0.2, 0.25) is 5.02 Å². The van der Waals surface area contributed by atoms with E-state index in [1.165, 1.54) is 6.07 Å². The average molecular weight is 288 g/mol. The number of aromatic nitrogens is 2. The summed E-state index contributed by atoms with van der Waals surface area (Å²) >= 11 is 6.09. The maximum atomic E-state index is 10.9. The maximum Gasteiger partial charge on any atom is 0.271 e. The van der Waals surface area contributed by atoms with Crippen molar-refractivity contribution in [1.82, 2.24) is 9.55 Å². The van der Waals surface area contributed by atoms with E-state index in [1.807, 2.05) is 22.9 Å². The molecule has 0 bridgehead atoms. The normalized spacial score (nSPS) is 10.8. The zero-order valence-corrected chi connectivity index (χ0v) is 11.1. The smallest absolute Gasteiger partial charge is 0.271 e. The lowest BCUT2D eigenvalue weighted by atomic mass is 10.2. The van der Waals surface area contributed by atoms with Gasteiger partial charge in [-0.15, -0.1) is 0 Å². The average Bonchev–Trinajstić information content (AvgIpc) is 2.84. The minimum Gasteiger partial charge on any atom is -0.343 e. The van der Waals surface area contributed by atoms with Crippen LogP contribution in [-0.4, -0.2) is 14.5 Å². The number of nitrogens with zero attached hydrogens (tertiary/aromatic N) is 3. The number of hydrogen-bond donors (Lipinski definition) is 0. The second kappa shape index (κ2) is 4.94. The van der Waals surface area contributed by atoms with E-state index in [0.717, 1.165) is 16.5 Å². The van der Waals surface area contributed by atoms with E-state index < -0.39 is 4.92 Å². The molecule has 100 valence electrons. The molecule has 6 heteroatoms. The van der Waals surface area contributed by atoms with Crippen molar-refractivity contribution < 1.29 is 4.92 Å². The predicted molar refractivity (Wildman–Crippen MR) is 76.9 cm³/mol. The molecular formula is C14H10ClN3O2. The highest BCUT2D eigenvalue weighted by atomic mass is 35.5. The molecule has 5 nitrogen and oxygen atoms in total. The molecule has 0 radical (unpaired) electrons. The highest BCUT2D eigenvalue weighted by molar-refractivity contribution is 6.31. The van der Waals surface area contributed by atoms with E-state index in [9.17, 15) is 10.1 Å². The van der Waals surface area contributed by atoms with Crippen LogP contribution in [0.4, 0.5) is 5.69 Å². The van der Waals surface area contributed by atoms with Crippen molar-refractivity contribution in [3.63, 3.8) is 0 Å². The van der Waals surface area contributed by atoms with Crippen LogP contribution in [0.15, 0.2) is 48.9 Å². The summed E-state index contributed by atoms with van der Waals surface area (Å²) in [5.74, 6) is 0. The molecule has 20 heavy (non-hydrogen) atoms. The van der Waals surface area contributed by atoms with Crippen LogP contribution in [0.5, 0.6) is 0 Å².